The van der Waals surface area contributed by atoms with Crippen molar-refractivity contribution in [3.63, 3.8) is 0 Å². The number of aryl methyl sites for hydroxylation is 4. The Labute approximate surface area is 119 Å². The van der Waals surface area contributed by atoms with Crippen LogP contribution < -0.4 is 5.32 Å². The Morgan fingerprint density at radius 2 is 1.95 bits per heavy atom. The Morgan fingerprint density at radius 3 is 2.55 bits per heavy atom. The van der Waals surface area contributed by atoms with Crippen LogP contribution in [0, 0.1) is 27.7 Å². The quantitative estimate of drug-likeness (QED) is 0.925. The maximum atomic E-state index is 4.70. The third kappa shape index (κ3) is 2.58. The number of nitrogens with one attached hydrogen (secondary N) is 1. The Bertz CT molecular complexity index is 640. The van der Waals surface area contributed by atoms with Gasteiger partial charge in [0.15, 0.2) is 5.82 Å². The molecule has 5 nitrogen and oxygen atoms in total. The Hall–Kier alpha value is -1.75. The second-order valence-electron chi connectivity index (χ2n) is 5.66. The number of rotatable bonds is 4. The van der Waals surface area contributed by atoms with Crippen LogP contribution in [0.4, 0.5) is 0 Å². The zero-order chi connectivity index (χ0) is 14.3. The lowest BCUT2D eigenvalue weighted by Crippen LogP contribution is -2.19. The fourth-order valence-corrected chi connectivity index (χ4v) is 2.49. The predicted octanol–water partition coefficient (Wildman–Crippen LogP) is 2.15. The molecule has 0 radical (unpaired) electrons. The number of pyridine rings is 1. The molecule has 1 aliphatic rings. The zero-order valence-corrected chi connectivity index (χ0v) is 12.6. The highest BCUT2D eigenvalue weighted by Gasteiger charge is 2.22. The molecule has 0 unspecified atom stereocenters. The minimum atomic E-state index is 0.683. The van der Waals surface area contributed by atoms with E-state index >= 15 is 0 Å². The average molecular weight is 271 g/mol. The lowest BCUT2D eigenvalue weighted by atomic mass is 10.1. The van der Waals surface area contributed by atoms with Gasteiger partial charge in [0.1, 0.15) is 11.6 Å². The average Bonchev–Trinajstić information content (AvgIpc) is 3.12. The van der Waals surface area contributed by atoms with Crippen molar-refractivity contribution in [2.45, 2.75) is 53.1 Å². The lowest BCUT2D eigenvalue weighted by Gasteiger charge is -2.14. The standard InChI is InChI=1S/C15H21N5/c1-9-7-10(2)17-15(14(9)8-16-13-5-6-13)20-12(4)18-11(3)19-20/h7,13,16H,5-6,8H2,1-4H3. The van der Waals surface area contributed by atoms with Crippen LogP contribution in [0.15, 0.2) is 6.07 Å². The summed E-state index contributed by atoms with van der Waals surface area (Å²) in [4.78, 5) is 9.08. The minimum absolute atomic E-state index is 0.683. The Balaban J connectivity index is 2.04. The van der Waals surface area contributed by atoms with E-state index in [1.54, 1.807) is 0 Å². The molecule has 2 heterocycles. The molecule has 1 fully saturated rings. The molecule has 2 aromatic heterocycles. The number of hydrogen-bond acceptors (Lipinski definition) is 4. The highest BCUT2D eigenvalue weighted by molar-refractivity contribution is 5.41. The van der Waals surface area contributed by atoms with Gasteiger partial charge in [-0.15, -0.1) is 5.10 Å². The summed E-state index contributed by atoms with van der Waals surface area (Å²) in [6.45, 7) is 8.89. The predicted molar refractivity (Wildman–Crippen MR) is 78.0 cm³/mol. The number of aromatic nitrogens is 4. The van der Waals surface area contributed by atoms with Crippen molar-refractivity contribution in [1.29, 1.82) is 0 Å². The Morgan fingerprint density at radius 1 is 1.20 bits per heavy atom. The van der Waals surface area contributed by atoms with E-state index in [0.29, 0.717) is 6.04 Å². The first kappa shape index (κ1) is 13.2. The summed E-state index contributed by atoms with van der Waals surface area (Å²) in [5, 5.41) is 8.05. The fourth-order valence-electron chi connectivity index (χ4n) is 2.49. The van der Waals surface area contributed by atoms with Crippen molar-refractivity contribution in [1.82, 2.24) is 25.1 Å². The van der Waals surface area contributed by atoms with Gasteiger partial charge in [-0.2, -0.15) is 4.68 Å². The van der Waals surface area contributed by atoms with Gasteiger partial charge in [0.05, 0.1) is 0 Å². The molecule has 0 aromatic carbocycles. The van der Waals surface area contributed by atoms with E-state index in [4.69, 9.17) is 4.98 Å². The molecule has 5 heteroatoms. The summed E-state index contributed by atoms with van der Waals surface area (Å²) in [6.07, 6.45) is 2.57. The van der Waals surface area contributed by atoms with Crippen LogP contribution in [0.25, 0.3) is 5.82 Å². The molecule has 0 aliphatic heterocycles. The molecule has 0 amide bonds. The molecule has 3 rings (SSSR count). The van der Waals surface area contributed by atoms with Crippen molar-refractivity contribution < 1.29 is 0 Å². The number of nitrogens with zero attached hydrogens (tertiary/aromatic N) is 4. The maximum absolute atomic E-state index is 4.70. The summed E-state index contributed by atoms with van der Waals surface area (Å²) in [5.74, 6) is 2.57. The monoisotopic (exact) mass is 271 g/mol. The van der Waals surface area contributed by atoms with Gasteiger partial charge in [-0.05, 0) is 52.2 Å². The molecule has 20 heavy (non-hydrogen) atoms. The molecule has 0 bridgehead atoms. The highest BCUT2D eigenvalue weighted by Crippen LogP contribution is 2.23. The number of hydrogen-bond donors (Lipinski definition) is 1. The van der Waals surface area contributed by atoms with Crippen molar-refractivity contribution in [3.05, 3.63) is 34.5 Å². The van der Waals surface area contributed by atoms with Crippen molar-refractivity contribution in [2.75, 3.05) is 0 Å². The van der Waals surface area contributed by atoms with Crippen molar-refractivity contribution in [3.8, 4) is 5.82 Å². The summed E-state index contributed by atoms with van der Waals surface area (Å²) in [7, 11) is 0. The van der Waals surface area contributed by atoms with Gasteiger partial charge in [-0.3, -0.25) is 0 Å². The van der Waals surface area contributed by atoms with Gasteiger partial charge in [0, 0.05) is 23.8 Å². The van der Waals surface area contributed by atoms with Gasteiger partial charge in [0.2, 0.25) is 0 Å². The van der Waals surface area contributed by atoms with Crippen LogP contribution in [-0.4, -0.2) is 25.8 Å². The van der Waals surface area contributed by atoms with Gasteiger partial charge in [-0.1, -0.05) is 0 Å². The molecule has 106 valence electrons. The van der Waals surface area contributed by atoms with Crippen LogP contribution >= 0.6 is 0 Å². The van der Waals surface area contributed by atoms with Gasteiger partial charge < -0.3 is 5.32 Å². The van der Waals surface area contributed by atoms with Gasteiger partial charge in [-0.25, -0.2) is 9.97 Å². The van der Waals surface area contributed by atoms with E-state index in [1.807, 2.05) is 25.5 Å². The first-order chi connectivity index (χ1) is 9.54. The molecular formula is C15H21N5. The van der Waals surface area contributed by atoms with Crippen LogP contribution in [-0.2, 0) is 6.54 Å². The van der Waals surface area contributed by atoms with E-state index in [-0.39, 0.29) is 0 Å². The molecule has 1 saturated carbocycles. The molecule has 1 aliphatic carbocycles. The molecule has 0 saturated heterocycles. The van der Waals surface area contributed by atoms with E-state index in [0.717, 1.165) is 29.7 Å². The van der Waals surface area contributed by atoms with Crippen molar-refractivity contribution in [2.24, 2.45) is 0 Å². The van der Waals surface area contributed by atoms with Gasteiger partial charge in [0.25, 0.3) is 0 Å². The molecule has 2 aromatic rings. The maximum Gasteiger partial charge on any atom is 0.160 e. The molecule has 1 N–H and O–H groups in total. The third-order valence-corrected chi connectivity index (χ3v) is 3.67. The third-order valence-electron chi connectivity index (χ3n) is 3.67. The van der Waals surface area contributed by atoms with Crippen LogP contribution in [0.5, 0.6) is 0 Å². The van der Waals surface area contributed by atoms with Crippen molar-refractivity contribution >= 4 is 0 Å². The lowest BCUT2D eigenvalue weighted by molar-refractivity contribution is 0.669. The smallest absolute Gasteiger partial charge is 0.160 e. The van der Waals surface area contributed by atoms with E-state index in [1.165, 1.54) is 24.0 Å². The van der Waals surface area contributed by atoms with E-state index in [9.17, 15) is 0 Å². The van der Waals surface area contributed by atoms with E-state index in [2.05, 4.69) is 28.4 Å². The minimum Gasteiger partial charge on any atom is -0.310 e. The van der Waals surface area contributed by atoms with Crippen LogP contribution in [0.2, 0.25) is 0 Å². The normalized spacial score (nSPS) is 14.8. The van der Waals surface area contributed by atoms with Crippen LogP contribution in [0.3, 0.4) is 0 Å². The second kappa shape index (κ2) is 4.98. The molecule has 0 atom stereocenters. The second-order valence-corrected chi connectivity index (χ2v) is 5.66. The van der Waals surface area contributed by atoms with Gasteiger partial charge >= 0.3 is 0 Å². The fraction of sp³-hybridized carbons (Fsp3) is 0.533. The first-order valence-corrected chi connectivity index (χ1v) is 7.15. The van der Waals surface area contributed by atoms with E-state index < -0.39 is 0 Å². The topological polar surface area (TPSA) is 55.6 Å². The zero-order valence-electron chi connectivity index (χ0n) is 12.6. The Kier molecular flexibility index (Phi) is 3.30. The SMILES string of the molecule is Cc1cc(C)c(CNC2CC2)c(-n2nc(C)nc2C)n1. The molecular weight excluding hydrogens is 250 g/mol. The summed E-state index contributed by atoms with van der Waals surface area (Å²) in [6, 6.07) is 2.81. The first-order valence-electron chi connectivity index (χ1n) is 7.15. The summed E-state index contributed by atoms with van der Waals surface area (Å²) in [5.41, 5.74) is 3.49. The van der Waals surface area contributed by atoms with Crippen LogP contribution in [0.1, 0.15) is 41.3 Å². The summed E-state index contributed by atoms with van der Waals surface area (Å²) >= 11 is 0. The summed E-state index contributed by atoms with van der Waals surface area (Å²) < 4.78 is 1.86. The highest BCUT2D eigenvalue weighted by atomic mass is 15.4. The largest absolute Gasteiger partial charge is 0.310 e. The molecule has 0 spiro atoms.